The summed E-state index contributed by atoms with van der Waals surface area (Å²) in [5, 5.41) is 3.62. The molecule has 1 aromatic carbocycles. The first kappa shape index (κ1) is 25.5. The van der Waals surface area contributed by atoms with Crippen molar-refractivity contribution in [2.75, 3.05) is 35.6 Å². The Morgan fingerprint density at radius 2 is 2.09 bits per heavy atom. The van der Waals surface area contributed by atoms with E-state index in [0.29, 0.717) is 38.9 Å². The Kier molecular flexibility index (Phi) is 7.98. The van der Waals surface area contributed by atoms with Crippen molar-refractivity contribution in [2.45, 2.75) is 49.5 Å². The molecule has 3 aromatic rings. The van der Waals surface area contributed by atoms with Gasteiger partial charge in [0.05, 0.1) is 46.8 Å². The quantitative estimate of drug-likeness (QED) is 0.234. The molecular weight excluding hydrogens is 556 g/mol. The molecule has 0 saturated carbocycles. The molecule has 1 aliphatic heterocycles. The predicted octanol–water partition coefficient (Wildman–Crippen LogP) is 6.40. The van der Waals surface area contributed by atoms with E-state index in [9.17, 15) is 4.39 Å². The first-order chi connectivity index (χ1) is 16.8. The summed E-state index contributed by atoms with van der Waals surface area (Å²) in [5.74, 6) is 0.270. The maximum atomic E-state index is 14.8. The minimum absolute atomic E-state index is 0.351. The van der Waals surface area contributed by atoms with Crippen LogP contribution in [0, 0.1) is 5.82 Å². The maximum absolute atomic E-state index is 14.8. The normalized spacial score (nSPS) is 16.3. The Hall–Kier alpha value is -2.62. The van der Waals surface area contributed by atoms with Gasteiger partial charge in [0.2, 0.25) is 0 Å². The van der Waals surface area contributed by atoms with Crippen LogP contribution in [0.2, 0.25) is 0 Å². The summed E-state index contributed by atoms with van der Waals surface area (Å²) in [6, 6.07) is 10.4. The van der Waals surface area contributed by atoms with Crippen molar-refractivity contribution in [1.82, 2.24) is 9.97 Å². The van der Waals surface area contributed by atoms with Crippen molar-refractivity contribution in [3.05, 3.63) is 60.3 Å². The number of pyridine rings is 2. The Morgan fingerprint density at radius 1 is 1.26 bits per heavy atom. The number of hydrogen-bond donors (Lipinski definition) is 2. The number of alkyl halides is 1. The van der Waals surface area contributed by atoms with E-state index in [2.05, 4.69) is 43.9 Å². The van der Waals surface area contributed by atoms with Gasteiger partial charge in [-0.25, -0.2) is 9.37 Å². The number of anilines is 3. The number of nitrogens with zero attached hydrogens (tertiary/aromatic N) is 3. The first-order valence-electron chi connectivity index (χ1n) is 12.1. The van der Waals surface area contributed by atoms with E-state index in [1.165, 1.54) is 18.9 Å². The molecule has 35 heavy (non-hydrogen) atoms. The van der Waals surface area contributed by atoms with Crippen LogP contribution in [-0.2, 0) is 5.54 Å². The number of halogens is 2. The average molecular weight is 589 g/mol. The highest BCUT2D eigenvalue weighted by atomic mass is 127. The zero-order valence-electron chi connectivity index (χ0n) is 20.5. The molecule has 0 aliphatic carbocycles. The smallest absolute Gasteiger partial charge is 0.132 e. The van der Waals surface area contributed by atoms with Gasteiger partial charge in [0.15, 0.2) is 0 Å². The second-order valence-electron chi connectivity index (χ2n) is 9.45. The van der Waals surface area contributed by atoms with Crippen LogP contribution in [0.4, 0.5) is 21.5 Å². The summed E-state index contributed by atoms with van der Waals surface area (Å²) >= 11 is 2.53. The van der Waals surface area contributed by atoms with Crippen LogP contribution in [0.5, 0.6) is 5.75 Å². The third kappa shape index (κ3) is 5.97. The van der Waals surface area contributed by atoms with Gasteiger partial charge in [0.25, 0.3) is 0 Å². The van der Waals surface area contributed by atoms with Crippen molar-refractivity contribution >= 4 is 39.7 Å². The zero-order valence-corrected chi connectivity index (χ0v) is 22.7. The molecule has 0 bridgehead atoms. The molecule has 1 aliphatic rings. The van der Waals surface area contributed by atoms with E-state index in [0.717, 1.165) is 30.9 Å². The lowest BCUT2D eigenvalue weighted by molar-refractivity contribution is 0.317. The molecule has 186 valence electrons. The molecule has 4 rings (SSSR count). The molecule has 1 fully saturated rings. The van der Waals surface area contributed by atoms with Gasteiger partial charge in [0, 0.05) is 28.8 Å². The van der Waals surface area contributed by atoms with Crippen LogP contribution >= 0.6 is 22.6 Å². The van der Waals surface area contributed by atoms with E-state index < -0.39 is 5.54 Å². The molecule has 1 saturated heterocycles. The highest BCUT2D eigenvalue weighted by molar-refractivity contribution is 14.1. The van der Waals surface area contributed by atoms with Gasteiger partial charge in [-0.3, -0.25) is 4.98 Å². The summed E-state index contributed by atoms with van der Waals surface area (Å²) in [6.45, 7) is 8.69. The van der Waals surface area contributed by atoms with Gasteiger partial charge in [-0.1, -0.05) is 29.5 Å². The fraction of sp³-hybridized carbons (Fsp3) is 0.407. The van der Waals surface area contributed by atoms with Crippen LogP contribution < -0.4 is 20.7 Å². The molecule has 3 N–H and O–H groups in total. The molecule has 1 atom stereocenters. The fourth-order valence-electron chi connectivity index (χ4n) is 4.43. The number of ether oxygens (including phenoxy) is 1. The largest absolute Gasteiger partial charge is 0.494 e. The number of rotatable bonds is 8. The molecule has 0 unspecified atom stereocenters. The topological polar surface area (TPSA) is 76.3 Å². The molecule has 6 nitrogen and oxygen atoms in total. The Labute approximate surface area is 220 Å². The summed E-state index contributed by atoms with van der Waals surface area (Å²) in [4.78, 5) is 11.6. The maximum Gasteiger partial charge on any atom is 0.132 e. The Morgan fingerprint density at radius 3 is 2.86 bits per heavy atom. The van der Waals surface area contributed by atoms with Gasteiger partial charge >= 0.3 is 0 Å². The fourth-order valence-corrected chi connectivity index (χ4v) is 5.35. The lowest BCUT2D eigenvalue weighted by atomic mass is 9.96. The van der Waals surface area contributed by atoms with E-state index in [4.69, 9.17) is 15.5 Å². The minimum atomic E-state index is -0.635. The highest BCUT2D eigenvalue weighted by Gasteiger charge is 2.28. The minimum Gasteiger partial charge on any atom is -0.494 e. The third-order valence-corrected chi connectivity index (χ3v) is 7.17. The van der Waals surface area contributed by atoms with E-state index >= 15 is 0 Å². The lowest BCUT2D eigenvalue weighted by Crippen LogP contribution is -2.37. The second-order valence-corrected chi connectivity index (χ2v) is 11.2. The number of nitrogens with two attached hydrogens (primary N) is 1. The van der Waals surface area contributed by atoms with Gasteiger partial charge < -0.3 is 20.7 Å². The zero-order chi connectivity index (χ0) is 25.0. The summed E-state index contributed by atoms with van der Waals surface area (Å²) < 4.78 is 21.1. The second kappa shape index (κ2) is 11.0. The van der Waals surface area contributed by atoms with E-state index in [1.54, 1.807) is 24.3 Å². The number of nitrogen functional groups attached to an aromatic ring is 1. The molecule has 8 heteroatoms. The van der Waals surface area contributed by atoms with Crippen LogP contribution in [0.3, 0.4) is 0 Å². The van der Waals surface area contributed by atoms with E-state index in [1.807, 2.05) is 33.2 Å². The number of aromatic nitrogens is 2. The number of benzene rings is 1. The summed E-state index contributed by atoms with van der Waals surface area (Å²) in [5.41, 5.74) is 9.90. The molecular formula is C27H33FIN5O. The van der Waals surface area contributed by atoms with Gasteiger partial charge in [-0.15, -0.1) is 0 Å². The van der Waals surface area contributed by atoms with Crippen molar-refractivity contribution < 1.29 is 9.13 Å². The molecule has 0 amide bonds. The average Bonchev–Trinajstić information content (AvgIpc) is 2.84. The van der Waals surface area contributed by atoms with Gasteiger partial charge in [0.1, 0.15) is 11.6 Å². The monoisotopic (exact) mass is 589 g/mol. The van der Waals surface area contributed by atoms with Crippen molar-refractivity contribution in [3.63, 3.8) is 0 Å². The summed E-state index contributed by atoms with van der Waals surface area (Å²) in [6.07, 6.45) is 6.96. The van der Waals surface area contributed by atoms with E-state index in [-0.39, 0.29) is 5.82 Å². The lowest BCUT2D eigenvalue weighted by Gasteiger charge is -2.35. The number of piperidine rings is 1. The molecule has 2 aromatic heterocycles. The third-order valence-electron chi connectivity index (χ3n) is 6.15. The van der Waals surface area contributed by atoms with Crippen molar-refractivity contribution in [3.8, 4) is 17.0 Å². The predicted molar refractivity (Wildman–Crippen MR) is 150 cm³/mol. The molecule has 0 radical (unpaired) electrons. The van der Waals surface area contributed by atoms with Crippen molar-refractivity contribution in [1.29, 1.82) is 0 Å². The standard InChI is InChI=1S/C27H33FIN5O/c1-4-14-35-19-7-8-21(28)20(15-19)23-10-9-22(30)26(32-23)27(2,3)33-24-16-31-12-11-25(24)34-13-5-6-18(29)17-34/h7-12,15-16,18,33H,4-6,13-14,17,30H2,1-3H3/t18-/m1/s1. The SMILES string of the molecule is CCCOc1ccc(F)c(-c2ccc(N)c(C(C)(C)Nc3cnccc3N3CCC[C@@H](I)C3)n2)c1. The highest BCUT2D eigenvalue weighted by Crippen LogP contribution is 2.36. The Balaban J connectivity index is 1.66. The number of hydrogen-bond acceptors (Lipinski definition) is 6. The molecule has 3 heterocycles. The van der Waals surface area contributed by atoms with Gasteiger partial charge in [-0.05, 0) is 69.5 Å². The first-order valence-corrected chi connectivity index (χ1v) is 13.3. The summed E-state index contributed by atoms with van der Waals surface area (Å²) in [7, 11) is 0. The van der Waals surface area contributed by atoms with Crippen LogP contribution in [-0.4, -0.2) is 33.6 Å². The van der Waals surface area contributed by atoms with Crippen LogP contribution in [0.1, 0.15) is 45.7 Å². The van der Waals surface area contributed by atoms with Crippen molar-refractivity contribution in [2.24, 2.45) is 0 Å². The van der Waals surface area contributed by atoms with Crippen LogP contribution in [0.15, 0.2) is 48.8 Å². The number of nitrogens with one attached hydrogen (secondary N) is 1. The Bertz CT molecular complexity index is 1170. The molecule has 0 spiro atoms. The van der Waals surface area contributed by atoms with Crippen LogP contribution in [0.25, 0.3) is 11.3 Å². The van der Waals surface area contributed by atoms with Gasteiger partial charge in [-0.2, -0.15) is 0 Å².